The number of nitrogens with zero attached hydrogens (tertiary/aromatic N) is 2. The van der Waals surface area contributed by atoms with Crippen molar-refractivity contribution in [3.63, 3.8) is 0 Å². The second kappa shape index (κ2) is 6.06. The monoisotopic (exact) mass is 306 g/mol. The maximum absolute atomic E-state index is 6.20. The fraction of sp³-hybridized carbons (Fsp3) is 0.750. The molecule has 2 atom stereocenters. The van der Waals surface area contributed by atoms with Crippen molar-refractivity contribution in [1.29, 1.82) is 0 Å². The first-order valence-corrected chi connectivity index (χ1v) is 7.10. The van der Waals surface area contributed by atoms with E-state index in [1.54, 1.807) is 0 Å². The quantitative estimate of drug-likeness (QED) is 0.747. The lowest BCUT2D eigenvalue weighted by atomic mass is 9.97. The van der Waals surface area contributed by atoms with Crippen LogP contribution in [0.5, 0.6) is 0 Å². The lowest BCUT2D eigenvalue weighted by Gasteiger charge is -2.18. The summed E-state index contributed by atoms with van der Waals surface area (Å²) in [6.45, 7) is 9.33. The van der Waals surface area contributed by atoms with Crippen LogP contribution < -0.4 is 0 Å². The normalized spacial score (nSPS) is 15.1. The van der Waals surface area contributed by atoms with Gasteiger partial charge in [0.05, 0.1) is 15.9 Å². The average Bonchev–Trinajstić information content (AvgIpc) is 2.51. The van der Waals surface area contributed by atoms with Gasteiger partial charge in [0.1, 0.15) is 0 Å². The number of alkyl halides is 1. The first-order valence-electron chi connectivity index (χ1n) is 5.87. The van der Waals surface area contributed by atoms with Gasteiger partial charge in [0.2, 0.25) is 0 Å². The molecule has 1 heterocycles. The molecule has 0 radical (unpaired) electrons. The Balaban J connectivity index is 2.94. The van der Waals surface area contributed by atoms with Crippen LogP contribution in [0, 0.1) is 12.8 Å². The molecule has 2 unspecified atom stereocenters. The molecule has 0 aromatic carbocycles. The second-order valence-electron chi connectivity index (χ2n) is 4.21. The van der Waals surface area contributed by atoms with Crippen LogP contribution in [0.4, 0.5) is 0 Å². The highest BCUT2D eigenvalue weighted by molar-refractivity contribution is 9.10. The third-order valence-electron chi connectivity index (χ3n) is 3.08. The Bertz CT molecular complexity index is 347. The predicted octanol–water partition coefficient (Wildman–Crippen LogP) is 4.17. The van der Waals surface area contributed by atoms with Crippen LogP contribution in [0.15, 0.2) is 4.47 Å². The summed E-state index contributed by atoms with van der Waals surface area (Å²) in [5.41, 5.74) is 2.34. The minimum atomic E-state index is 0.206. The number of aromatic nitrogens is 2. The Labute approximate surface area is 111 Å². The molecule has 0 saturated heterocycles. The third-order valence-corrected chi connectivity index (χ3v) is 4.47. The molecular formula is C12H20BrClN2. The van der Waals surface area contributed by atoms with Crippen molar-refractivity contribution >= 4 is 27.5 Å². The number of halogens is 2. The van der Waals surface area contributed by atoms with Gasteiger partial charge >= 0.3 is 0 Å². The highest BCUT2D eigenvalue weighted by atomic mass is 79.9. The van der Waals surface area contributed by atoms with E-state index in [4.69, 9.17) is 11.6 Å². The molecule has 0 aliphatic carbocycles. The Morgan fingerprint density at radius 1 is 1.44 bits per heavy atom. The molecule has 0 aliphatic heterocycles. The maximum atomic E-state index is 6.20. The van der Waals surface area contributed by atoms with Gasteiger partial charge in [-0.3, -0.25) is 4.68 Å². The summed E-state index contributed by atoms with van der Waals surface area (Å²) in [7, 11) is 0. The Hall–Kier alpha value is -0.0200. The predicted molar refractivity (Wildman–Crippen MR) is 73.1 cm³/mol. The first-order chi connectivity index (χ1) is 7.51. The number of hydrogen-bond donors (Lipinski definition) is 0. The van der Waals surface area contributed by atoms with Crippen molar-refractivity contribution in [2.45, 2.75) is 52.5 Å². The lowest BCUT2D eigenvalue weighted by molar-refractivity contribution is 0.470. The van der Waals surface area contributed by atoms with Crippen LogP contribution in [0.2, 0.25) is 0 Å². The lowest BCUT2D eigenvalue weighted by Crippen LogP contribution is -2.16. The summed E-state index contributed by atoms with van der Waals surface area (Å²) in [4.78, 5) is 0. The van der Waals surface area contributed by atoms with E-state index in [9.17, 15) is 0 Å². The molecule has 0 amide bonds. The third kappa shape index (κ3) is 3.01. The summed E-state index contributed by atoms with van der Waals surface area (Å²) in [5.74, 6) is 0.513. The Kier molecular flexibility index (Phi) is 5.32. The van der Waals surface area contributed by atoms with Gasteiger partial charge in [0.25, 0.3) is 0 Å². The van der Waals surface area contributed by atoms with Crippen molar-refractivity contribution in [2.75, 3.05) is 0 Å². The molecular weight excluding hydrogens is 288 g/mol. The summed E-state index contributed by atoms with van der Waals surface area (Å²) in [5, 5.41) is 4.71. The van der Waals surface area contributed by atoms with Crippen molar-refractivity contribution in [2.24, 2.45) is 5.92 Å². The van der Waals surface area contributed by atoms with Crippen molar-refractivity contribution in [3.05, 3.63) is 15.9 Å². The summed E-state index contributed by atoms with van der Waals surface area (Å²) < 4.78 is 3.21. The fourth-order valence-corrected chi connectivity index (χ4v) is 2.66. The van der Waals surface area contributed by atoms with E-state index in [0.717, 1.165) is 29.6 Å². The SMILES string of the molecule is CCC(Cc1c(Br)c(C)nn1CC)C(C)Cl. The zero-order valence-corrected chi connectivity index (χ0v) is 12.8. The summed E-state index contributed by atoms with van der Waals surface area (Å²) >= 11 is 9.83. The molecule has 2 nitrogen and oxygen atoms in total. The van der Waals surface area contributed by atoms with E-state index >= 15 is 0 Å². The van der Waals surface area contributed by atoms with Gasteiger partial charge in [0.15, 0.2) is 0 Å². The molecule has 0 bridgehead atoms. The minimum absolute atomic E-state index is 0.206. The standard InChI is InChI=1S/C12H20BrClN2/c1-5-10(8(3)14)7-11-12(13)9(4)15-16(11)6-2/h8,10H,5-7H2,1-4H3. The van der Waals surface area contributed by atoms with Gasteiger partial charge in [-0.25, -0.2) is 0 Å². The van der Waals surface area contributed by atoms with E-state index in [0.29, 0.717) is 5.92 Å². The molecule has 0 fully saturated rings. The van der Waals surface area contributed by atoms with Gasteiger partial charge in [-0.05, 0) is 49.0 Å². The highest BCUT2D eigenvalue weighted by Gasteiger charge is 2.19. The van der Waals surface area contributed by atoms with E-state index in [1.807, 2.05) is 6.92 Å². The first kappa shape index (κ1) is 14.0. The molecule has 4 heteroatoms. The van der Waals surface area contributed by atoms with E-state index in [2.05, 4.69) is 46.5 Å². The van der Waals surface area contributed by atoms with Crippen LogP contribution in [0.1, 0.15) is 38.6 Å². The molecule has 1 aromatic rings. The largest absolute Gasteiger partial charge is 0.268 e. The smallest absolute Gasteiger partial charge is 0.0738 e. The molecule has 1 aromatic heterocycles. The van der Waals surface area contributed by atoms with E-state index < -0.39 is 0 Å². The maximum Gasteiger partial charge on any atom is 0.0738 e. The molecule has 0 saturated carbocycles. The topological polar surface area (TPSA) is 17.8 Å². The van der Waals surface area contributed by atoms with E-state index in [-0.39, 0.29) is 5.38 Å². The Morgan fingerprint density at radius 2 is 2.06 bits per heavy atom. The van der Waals surface area contributed by atoms with E-state index in [1.165, 1.54) is 5.69 Å². The number of rotatable bonds is 5. The highest BCUT2D eigenvalue weighted by Crippen LogP contribution is 2.27. The molecule has 0 spiro atoms. The summed E-state index contributed by atoms with van der Waals surface area (Å²) in [6, 6.07) is 0. The summed E-state index contributed by atoms with van der Waals surface area (Å²) in [6.07, 6.45) is 2.10. The van der Waals surface area contributed by atoms with Crippen molar-refractivity contribution in [3.8, 4) is 0 Å². The zero-order chi connectivity index (χ0) is 12.3. The number of aryl methyl sites for hydroxylation is 2. The van der Waals surface area contributed by atoms with Gasteiger partial charge in [0, 0.05) is 11.9 Å². The Morgan fingerprint density at radius 3 is 2.50 bits per heavy atom. The molecule has 16 heavy (non-hydrogen) atoms. The molecule has 0 aliphatic rings. The average molecular weight is 308 g/mol. The van der Waals surface area contributed by atoms with Gasteiger partial charge < -0.3 is 0 Å². The minimum Gasteiger partial charge on any atom is -0.268 e. The van der Waals surface area contributed by atoms with Crippen LogP contribution in [0.25, 0.3) is 0 Å². The molecule has 0 N–H and O–H groups in total. The van der Waals surface area contributed by atoms with Crippen molar-refractivity contribution < 1.29 is 0 Å². The van der Waals surface area contributed by atoms with Crippen LogP contribution in [-0.2, 0) is 13.0 Å². The number of hydrogen-bond acceptors (Lipinski definition) is 1. The van der Waals surface area contributed by atoms with Crippen LogP contribution in [-0.4, -0.2) is 15.2 Å². The fourth-order valence-electron chi connectivity index (χ4n) is 1.94. The second-order valence-corrected chi connectivity index (χ2v) is 5.69. The van der Waals surface area contributed by atoms with Crippen LogP contribution in [0.3, 0.4) is 0 Å². The van der Waals surface area contributed by atoms with Gasteiger partial charge in [-0.15, -0.1) is 11.6 Å². The zero-order valence-electron chi connectivity index (χ0n) is 10.4. The van der Waals surface area contributed by atoms with Gasteiger partial charge in [-0.2, -0.15) is 5.10 Å². The van der Waals surface area contributed by atoms with Crippen molar-refractivity contribution in [1.82, 2.24) is 9.78 Å². The molecule has 1 rings (SSSR count). The van der Waals surface area contributed by atoms with Crippen LogP contribution >= 0.6 is 27.5 Å². The molecule has 92 valence electrons. The van der Waals surface area contributed by atoms with Gasteiger partial charge in [-0.1, -0.05) is 13.3 Å².